The molecule has 13 nitrogen and oxygen atoms in total. The van der Waals surface area contributed by atoms with E-state index in [-0.39, 0.29) is 25.4 Å². The van der Waals surface area contributed by atoms with E-state index in [4.69, 9.17) is 9.73 Å². The van der Waals surface area contributed by atoms with Crippen LogP contribution in [0.15, 0.2) is 108 Å². The number of aliphatic imine (C=N–C) groups is 1. The number of rotatable bonds is 15. The van der Waals surface area contributed by atoms with Gasteiger partial charge in [-0.15, -0.1) is 0 Å². The number of para-hydroxylation sites is 1. The van der Waals surface area contributed by atoms with Crippen molar-refractivity contribution in [2.24, 2.45) is 4.99 Å². The summed E-state index contributed by atoms with van der Waals surface area (Å²) in [6.45, 7) is 7.49. The third-order valence-corrected chi connectivity index (χ3v) is 9.20. The Morgan fingerprint density at radius 1 is 0.855 bits per heavy atom. The van der Waals surface area contributed by atoms with Gasteiger partial charge < -0.3 is 31.3 Å². The molecular weight excluding hydrogens is 697 g/mol. The molecule has 0 aliphatic carbocycles. The molecule has 5 N–H and O–H groups in total. The first-order valence-corrected chi connectivity index (χ1v) is 18.7. The van der Waals surface area contributed by atoms with Crippen molar-refractivity contribution in [3.63, 3.8) is 0 Å². The van der Waals surface area contributed by atoms with Gasteiger partial charge in [0.15, 0.2) is 0 Å². The minimum Gasteiger partial charge on any atom is -0.494 e. The molecule has 0 saturated carbocycles. The second kappa shape index (κ2) is 19.3. The SMILES string of the molecule is Cc1cccc(NC(=O)NC2N=C(c3ccccc3)c3ccccc3N(CC(=O)NCCC(=O)NCCCOc3cccc(CN4CCNCC4)c3)C2=O)c1. The minimum absolute atomic E-state index is 0.0653. The number of urea groups is 1. The number of piperazine rings is 1. The lowest BCUT2D eigenvalue weighted by Gasteiger charge is -2.27. The Labute approximate surface area is 321 Å². The van der Waals surface area contributed by atoms with Crippen LogP contribution in [0.5, 0.6) is 5.75 Å². The van der Waals surface area contributed by atoms with E-state index in [1.165, 1.54) is 10.5 Å². The van der Waals surface area contributed by atoms with Gasteiger partial charge >= 0.3 is 6.03 Å². The zero-order chi connectivity index (χ0) is 38.4. The van der Waals surface area contributed by atoms with Gasteiger partial charge in [0.2, 0.25) is 18.0 Å². The van der Waals surface area contributed by atoms with Gasteiger partial charge in [0.25, 0.3) is 5.91 Å². The fraction of sp³-hybridized carbons (Fsp3) is 0.310. The molecule has 0 aromatic heterocycles. The number of amides is 5. The maximum atomic E-state index is 14.1. The van der Waals surface area contributed by atoms with Crippen LogP contribution in [0.25, 0.3) is 0 Å². The Morgan fingerprint density at radius 3 is 2.44 bits per heavy atom. The molecule has 4 aromatic rings. The van der Waals surface area contributed by atoms with Crippen LogP contribution in [0.2, 0.25) is 0 Å². The van der Waals surface area contributed by atoms with Crippen LogP contribution >= 0.6 is 0 Å². The lowest BCUT2D eigenvalue weighted by atomic mass is 10.0. The summed E-state index contributed by atoms with van der Waals surface area (Å²) in [5.41, 5.74) is 5.07. The zero-order valence-corrected chi connectivity index (χ0v) is 31.1. The standard InChI is InChI=1S/C42H48N8O5/c1-30-10-7-14-33(26-30)46-42(54)48-40-41(53)50(36-17-6-5-16-35(36)39(47-40)32-12-3-2-4-13-32)29-38(52)45-20-18-37(51)44-19-9-25-55-34-15-8-11-31(27-34)28-49-23-21-43-22-24-49/h2-8,10-17,26-27,40,43H,9,18-25,28-29H2,1H3,(H,44,51)(H,45,52)(H2,46,48,54). The Morgan fingerprint density at radius 2 is 1.62 bits per heavy atom. The molecule has 1 saturated heterocycles. The normalized spacial score (nSPS) is 15.6. The van der Waals surface area contributed by atoms with Crippen molar-refractivity contribution in [1.82, 2.24) is 26.2 Å². The van der Waals surface area contributed by atoms with Gasteiger partial charge in [-0.05, 0) is 54.8 Å². The number of hydrogen-bond donors (Lipinski definition) is 5. The van der Waals surface area contributed by atoms with Crippen molar-refractivity contribution in [2.75, 3.05) is 62.6 Å². The second-order valence-electron chi connectivity index (χ2n) is 13.5. The Bertz CT molecular complexity index is 1980. The van der Waals surface area contributed by atoms with Gasteiger partial charge in [0.1, 0.15) is 12.3 Å². The lowest BCUT2D eigenvalue weighted by Crippen LogP contribution is -2.51. The molecule has 286 valence electrons. The number of hydrogen-bond acceptors (Lipinski definition) is 8. The van der Waals surface area contributed by atoms with Gasteiger partial charge in [-0.2, -0.15) is 0 Å². The van der Waals surface area contributed by atoms with Gasteiger partial charge in [0, 0.05) is 69.0 Å². The molecule has 5 amide bonds. The molecule has 6 rings (SSSR count). The van der Waals surface area contributed by atoms with Crippen molar-refractivity contribution in [1.29, 1.82) is 0 Å². The molecule has 0 spiro atoms. The van der Waals surface area contributed by atoms with Crippen molar-refractivity contribution < 1.29 is 23.9 Å². The monoisotopic (exact) mass is 744 g/mol. The molecule has 1 atom stereocenters. The number of nitrogens with one attached hydrogen (secondary N) is 5. The zero-order valence-electron chi connectivity index (χ0n) is 31.1. The van der Waals surface area contributed by atoms with Crippen molar-refractivity contribution in [3.05, 3.63) is 125 Å². The van der Waals surface area contributed by atoms with Crippen LogP contribution in [0, 0.1) is 6.92 Å². The summed E-state index contributed by atoms with van der Waals surface area (Å²) in [6.07, 6.45) is -0.645. The summed E-state index contributed by atoms with van der Waals surface area (Å²) in [4.78, 5) is 61.6. The quantitative estimate of drug-likeness (QED) is 0.116. The van der Waals surface area contributed by atoms with Gasteiger partial charge in [0.05, 0.1) is 18.0 Å². The average Bonchev–Trinajstić information content (AvgIpc) is 3.29. The van der Waals surface area contributed by atoms with Crippen LogP contribution in [0.1, 0.15) is 35.1 Å². The number of carbonyl (C=O) groups excluding carboxylic acids is 4. The Balaban J connectivity index is 1.01. The first-order chi connectivity index (χ1) is 26.8. The van der Waals surface area contributed by atoms with Crippen LogP contribution in [-0.4, -0.2) is 93.0 Å². The predicted octanol–water partition coefficient (Wildman–Crippen LogP) is 3.82. The number of nitrogens with zero attached hydrogens (tertiary/aromatic N) is 3. The minimum atomic E-state index is -1.34. The van der Waals surface area contributed by atoms with Crippen LogP contribution in [-0.2, 0) is 20.9 Å². The number of carbonyl (C=O) groups is 4. The van der Waals surface area contributed by atoms with Crippen LogP contribution in [0.3, 0.4) is 0 Å². The van der Waals surface area contributed by atoms with E-state index in [2.05, 4.69) is 43.6 Å². The van der Waals surface area contributed by atoms with Gasteiger partial charge in [-0.3, -0.25) is 24.2 Å². The maximum Gasteiger partial charge on any atom is 0.321 e. The van der Waals surface area contributed by atoms with E-state index in [1.807, 2.05) is 79.7 Å². The van der Waals surface area contributed by atoms with Gasteiger partial charge in [-0.1, -0.05) is 72.8 Å². The number of fused-ring (bicyclic) bond motifs is 1. The van der Waals surface area contributed by atoms with Gasteiger partial charge in [-0.25, -0.2) is 9.79 Å². The molecule has 13 heteroatoms. The van der Waals surface area contributed by atoms with Crippen molar-refractivity contribution in [3.8, 4) is 5.75 Å². The molecule has 1 unspecified atom stereocenters. The molecule has 4 aromatic carbocycles. The predicted molar refractivity (Wildman–Crippen MR) is 213 cm³/mol. The van der Waals surface area contributed by atoms with Crippen LogP contribution < -0.4 is 36.2 Å². The highest BCUT2D eigenvalue weighted by Crippen LogP contribution is 2.28. The smallest absolute Gasteiger partial charge is 0.321 e. The number of benzene rings is 4. The number of aryl methyl sites for hydroxylation is 1. The maximum absolute atomic E-state index is 14.1. The van der Waals surface area contributed by atoms with E-state index in [1.54, 1.807) is 18.2 Å². The summed E-state index contributed by atoms with van der Waals surface area (Å²) in [5, 5.41) is 14.5. The number of ether oxygens (including phenoxy) is 1. The first kappa shape index (κ1) is 38.7. The summed E-state index contributed by atoms with van der Waals surface area (Å²) < 4.78 is 5.93. The van der Waals surface area contributed by atoms with Crippen molar-refractivity contribution in [2.45, 2.75) is 32.5 Å². The molecule has 2 heterocycles. The third kappa shape index (κ3) is 11.2. The molecule has 0 radical (unpaired) electrons. The fourth-order valence-electron chi connectivity index (χ4n) is 6.48. The average molecular weight is 745 g/mol. The number of anilines is 2. The summed E-state index contributed by atoms with van der Waals surface area (Å²) in [6, 6.07) is 31.3. The highest BCUT2D eigenvalue weighted by molar-refractivity contribution is 6.21. The van der Waals surface area contributed by atoms with E-state index in [0.29, 0.717) is 42.2 Å². The van der Waals surface area contributed by atoms with E-state index in [0.717, 1.165) is 49.6 Å². The first-order valence-electron chi connectivity index (χ1n) is 18.7. The topological polar surface area (TPSA) is 156 Å². The molecule has 55 heavy (non-hydrogen) atoms. The summed E-state index contributed by atoms with van der Waals surface area (Å²) >= 11 is 0. The van der Waals surface area contributed by atoms with E-state index < -0.39 is 24.0 Å². The second-order valence-corrected chi connectivity index (χ2v) is 13.5. The highest BCUT2D eigenvalue weighted by Gasteiger charge is 2.34. The molecular formula is C42H48N8O5. The number of benzodiazepines with no additional fused rings is 1. The summed E-state index contributed by atoms with van der Waals surface area (Å²) in [5.74, 6) is -0.448. The third-order valence-electron chi connectivity index (χ3n) is 9.20. The molecule has 2 aliphatic heterocycles. The largest absolute Gasteiger partial charge is 0.494 e. The highest BCUT2D eigenvalue weighted by atomic mass is 16.5. The summed E-state index contributed by atoms with van der Waals surface area (Å²) in [7, 11) is 0. The van der Waals surface area contributed by atoms with E-state index >= 15 is 0 Å². The lowest BCUT2D eigenvalue weighted by molar-refractivity contribution is -0.125. The van der Waals surface area contributed by atoms with Crippen LogP contribution in [0.4, 0.5) is 16.2 Å². The van der Waals surface area contributed by atoms with E-state index in [9.17, 15) is 19.2 Å². The Kier molecular flexibility index (Phi) is 13.6. The molecule has 1 fully saturated rings. The molecule has 2 aliphatic rings. The molecule has 0 bridgehead atoms. The Hall–Kier alpha value is -6.05. The fourth-order valence-corrected chi connectivity index (χ4v) is 6.48. The van der Waals surface area contributed by atoms with Crippen molar-refractivity contribution >= 4 is 40.8 Å².